The SMILES string of the molecule is O=C(c1cccs1)N(CCCN1CCCC1CO)c1nc(-c2cc3ccccc3o2)cs1. The zero-order chi connectivity index (χ0) is 21.9. The number of fused-ring (bicyclic) bond motifs is 1. The van der Waals surface area contributed by atoms with E-state index in [-0.39, 0.29) is 18.6 Å². The normalized spacial score (nSPS) is 16.7. The summed E-state index contributed by atoms with van der Waals surface area (Å²) in [5.41, 5.74) is 1.57. The molecule has 1 amide bonds. The highest BCUT2D eigenvalue weighted by Gasteiger charge is 2.25. The monoisotopic (exact) mass is 467 g/mol. The van der Waals surface area contributed by atoms with E-state index < -0.39 is 0 Å². The molecule has 0 saturated carbocycles. The van der Waals surface area contributed by atoms with Crippen LogP contribution in [0, 0.1) is 0 Å². The number of likely N-dealkylation sites (tertiary alicyclic amines) is 1. The molecule has 1 fully saturated rings. The minimum Gasteiger partial charge on any atom is -0.454 e. The molecule has 0 radical (unpaired) electrons. The summed E-state index contributed by atoms with van der Waals surface area (Å²) in [6, 6.07) is 13.9. The number of carbonyl (C=O) groups excluding carboxylic acids is 1. The zero-order valence-electron chi connectivity index (χ0n) is 17.6. The van der Waals surface area contributed by atoms with Crippen molar-refractivity contribution in [3.8, 4) is 11.5 Å². The van der Waals surface area contributed by atoms with E-state index in [1.54, 1.807) is 4.90 Å². The Morgan fingerprint density at radius 2 is 2.16 bits per heavy atom. The summed E-state index contributed by atoms with van der Waals surface area (Å²) in [4.78, 5) is 22.9. The molecule has 32 heavy (non-hydrogen) atoms. The van der Waals surface area contributed by atoms with Gasteiger partial charge < -0.3 is 9.52 Å². The molecule has 166 valence electrons. The topological polar surface area (TPSA) is 69.8 Å². The second-order valence-electron chi connectivity index (χ2n) is 7.97. The van der Waals surface area contributed by atoms with Crippen molar-refractivity contribution >= 4 is 44.7 Å². The smallest absolute Gasteiger partial charge is 0.270 e. The highest BCUT2D eigenvalue weighted by Crippen LogP contribution is 2.32. The number of thiazole rings is 1. The maximum absolute atomic E-state index is 13.3. The summed E-state index contributed by atoms with van der Waals surface area (Å²) in [6.45, 7) is 2.66. The van der Waals surface area contributed by atoms with Gasteiger partial charge in [0.25, 0.3) is 5.91 Å². The summed E-state index contributed by atoms with van der Waals surface area (Å²) in [5.74, 6) is 0.686. The van der Waals surface area contributed by atoms with Gasteiger partial charge in [0.1, 0.15) is 11.3 Å². The van der Waals surface area contributed by atoms with Crippen molar-refractivity contribution in [1.82, 2.24) is 9.88 Å². The van der Waals surface area contributed by atoms with Crippen LogP contribution >= 0.6 is 22.7 Å². The lowest BCUT2D eigenvalue weighted by Gasteiger charge is -2.25. The number of benzene rings is 1. The van der Waals surface area contributed by atoms with E-state index in [1.165, 1.54) is 22.7 Å². The molecule has 8 heteroatoms. The summed E-state index contributed by atoms with van der Waals surface area (Å²) < 4.78 is 5.97. The molecule has 3 aromatic heterocycles. The van der Waals surface area contributed by atoms with Gasteiger partial charge in [0.2, 0.25) is 0 Å². The van der Waals surface area contributed by atoms with Crippen molar-refractivity contribution in [3.05, 3.63) is 58.1 Å². The first-order chi connectivity index (χ1) is 15.7. The minimum absolute atomic E-state index is 0.0226. The molecule has 0 aliphatic carbocycles. The highest BCUT2D eigenvalue weighted by atomic mass is 32.1. The van der Waals surface area contributed by atoms with Crippen LogP contribution in [0.3, 0.4) is 0 Å². The van der Waals surface area contributed by atoms with Crippen LogP contribution in [0.5, 0.6) is 0 Å². The molecule has 0 bridgehead atoms. The van der Waals surface area contributed by atoms with Gasteiger partial charge in [0, 0.05) is 29.9 Å². The van der Waals surface area contributed by atoms with E-state index in [0.29, 0.717) is 22.3 Å². The Kier molecular flexibility index (Phi) is 6.36. The molecule has 1 atom stereocenters. The van der Waals surface area contributed by atoms with Crippen LogP contribution in [-0.4, -0.2) is 53.2 Å². The van der Waals surface area contributed by atoms with Gasteiger partial charge in [-0.2, -0.15) is 0 Å². The van der Waals surface area contributed by atoms with E-state index in [1.807, 2.05) is 53.2 Å². The van der Waals surface area contributed by atoms with E-state index in [2.05, 4.69) is 4.90 Å². The number of anilines is 1. The lowest BCUT2D eigenvalue weighted by Crippen LogP contribution is -2.37. The first-order valence-corrected chi connectivity index (χ1v) is 12.6. The number of para-hydroxylation sites is 1. The van der Waals surface area contributed by atoms with Gasteiger partial charge in [-0.1, -0.05) is 24.3 Å². The van der Waals surface area contributed by atoms with Crippen LogP contribution < -0.4 is 4.90 Å². The van der Waals surface area contributed by atoms with Crippen molar-refractivity contribution in [2.75, 3.05) is 31.1 Å². The fourth-order valence-electron chi connectivity index (χ4n) is 4.26. The van der Waals surface area contributed by atoms with Gasteiger partial charge in [0.15, 0.2) is 10.9 Å². The molecule has 6 nitrogen and oxygen atoms in total. The predicted molar refractivity (Wildman–Crippen MR) is 130 cm³/mol. The molecule has 1 aliphatic rings. The molecule has 0 spiro atoms. The third-order valence-corrected chi connectivity index (χ3v) is 7.64. The maximum Gasteiger partial charge on any atom is 0.270 e. The summed E-state index contributed by atoms with van der Waals surface area (Å²) >= 11 is 2.91. The fourth-order valence-corrected chi connectivity index (χ4v) is 5.77. The summed E-state index contributed by atoms with van der Waals surface area (Å²) in [7, 11) is 0. The second-order valence-corrected chi connectivity index (χ2v) is 9.75. The molecule has 4 aromatic rings. The fraction of sp³-hybridized carbons (Fsp3) is 0.333. The van der Waals surface area contributed by atoms with E-state index in [9.17, 15) is 9.90 Å². The van der Waals surface area contributed by atoms with Gasteiger partial charge in [-0.3, -0.25) is 14.6 Å². The average Bonchev–Trinajstić information content (AvgIpc) is 3.62. The van der Waals surface area contributed by atoms with Gasteiger partial charge in [-0.05, 0) is 49.4 Å². The number of thiophene rings is 1. The molecule has 5 rings (SSSR count). The molecule has 1 saturated heterocycles. The Morgan fingerprint density at radius 1 is 1.25 bits per heavy atom. The largest absolute Gasteiger partial charge is 0.454 e. The third-order valence-electron chi connectivity index (χ3n) is 5.91. The highest BCUT2D eigenvalue weighted by molar-refractivity contribution is 7.14. The minimum atomic E-state index is -0.0226. The lowest BCUT2D eigenvalue weighted by atomic mass is 10.2. The number of aromatic nitrogens is 1. The lowest BCUT2D eigenvalue weighted by molar-refractivity contribution is 0.0988. The number of carbonyl (C=O) groups is 1. The van der Waals surface area contributed by atoms with Crippen molar-refractivity contribution in [2.45, 2.75) is 25.3 Å². The number of furan rings is 1. The Morgan fingerprint density at radius 3 is 2.97 bits per heavy atom. The van der Waals surface area contributed by atoms with Crippen molar-refractivity contribution in [2.24, 2.45) is 0 Å². The summed E-state index contributed by atoms with van der Waals surface area (Å²) in [5, 5.41) is 15.2. The number of hydrogen-bond donors (Lipinski definition) is 1. The number of amides is 1. The predicted octanol–water partition coefficient (Wildman–Crippen LogP) is 5.11. The quantitative estimate of drug-likeness (QED) is 0.390. The van der Waals surface area contributed by atoms with Crippen molar-refractivity contribution in [1.29, 1.82) is 0 Å². The molecular formula is C24H25N3O3S2. The Balaban J connectivity index is 1.36. The standard InChI is InChI=1S/C24H25N3O3S2/c28-15-18-7-3-10-26(18)11-5-12-27(23(29)22-9-4-13-31-22)24-25-19(16-32-24)21-14-17-6-1-2-8-20(17)30-21/h1-2,4,6,8-9,13-14,16,18,28H,3,5,7,10-12,15H2. The third kappa shape index (κ3) is 4.36. The molecule has 1 aliphatic heterocycles. The second kappa shape index (κ2) is 9.54. The van der Waals surface area contributed by atoms with E-state index in [4.69, 9.17) is 9.40 Å². The molecule has 1 N–H and O–H groups in total. The Hall–Kier alpha value is -2.52. The number of rotatable bonds is 8. The number of hydrogen-bond acceptors (Lipinski definition) is 7. The number of aliphatic hydroxyl groups excluding tert-OH is 1. The number of nitrogens with zero attached hydrogens (tertiary/aromatic N) is 3. The van der Waals surface area contributed by atoms with Crippen LogP contribution in [0.25, 0.3) is 22.4 Å². The van der Waals surface area contributed by atoms with Crippen LogP contribution in [0.15, 0.2) is 57.6 Å². The maximum atomic E-state index is 13.3. The first kappa shape index (κ1) is 21.3. The van der Waals surface area contributed by atoms with Crippen LogP contribution in [0.4, 0.5) is 5.13 Å². The van der Waals surface area contributed by atoms with Crippen LogP contribution in [0.2, 0.25) is 0 Å². The van der Waals surface area contributed by atoms with Gasteiger partial charge in [0.05, 0.1) is 11.5 Å². The molecule has 1 aromatic carbocycles. The molecular weight excluding hydrogens is 442 g/mol. The Bertz CT molecular complexity index is 1150. The number of aliphatic hydroxyl groups is 1. The van der Waals surface area contributed by atoms with Crippen LogP contribution in [0.1, 0.15) is 28.9 Å². The van der Waals surface area contributed by atoms with Gasteiger partial charge >= 0.3 is 0 Å². The summed E-state index contributed by atoms with van der Waals surface area (Å²) in [6.07, 6.45) is 2.99. The molecule has 1 unspecified atom stereocenters. The van der Waals surface area contributed by atoms with E-state index >= 15 is 0 Å². The zero-order valence-corrected chi connectivity index (χ0v) is 19.3. The molecule has 4 heterocycles. The van der Waals surface area contributed by atoms with E-state index in [0.717, 1.165) is 49.0 Å². The van der Waals surface area contributed by atoms with Gasteiger partial charge in [-0.15, -0.1) is 22.7 Å². The van der Waals surface area contributed by atoms with Crippen LogP contribution in [-0.2, 0) is 0 Å². The first-order valence-electron chi connectivity index (χ1n) is 10.9. The Labute approximate surface area is 194 Å². The van der Waals surface area contributed by atoms with Gasteiger partial charge in [-0.25, -0.2) is 4.98 Å². The average molecular weight is 468 g/mol. The van der Waals surface area contributed by atoms with Crippen molar-refractivity contribution in [3.63, 3.8) is 0 Å². The van der Waals surface area contributed by atoms with Crippen molar-refractivity contribution < 1.29 is 14.3 Å².